The van der Waals surface area contributed by atoms with Crippen LogP contribution in [-0.2, 0) is 4.74 Å². The highest BCUT2D eigenvalue weighted by molar-refractivity contribution is 5.33. The Morgan fingerprint density at radius 3 is 2.75 bits per heavy atom. The molecule has 1 aromatic rings. The first-order chi connectivity index (χ1) is 9.78. The number of morpholine rings is 1. The molecule has 106 valence electrons. The van der Waals surface area contributed by atoms with Gasteiger partial charge in [-0.2, -0.15) is 5.26 Å². The van der Waals surface area contributed by atoms with Crippen molar-refractivity contribution in [2.24, 2.45) is 0 Å². The lowest BCUT2D eigenvalue weighted by atomic mass is 9.97. The highest BCUT2D eigenvalue weighted by Gasteiger charge is 2.32. The summed E-state index contributed by atoms with van der Waals surface area (Å²) in [5.74, 6) is 0. The second-order valence-electron chi connectivity index (χ2n) is 5.75. The number of nitrogens with zero attached hydrogens (tertiary/aromatic N) is 2. The third kappa shape index (κ3) is 3.01. The van der Waals surface area contributed by atoms with Crippen LogP contribution in [0.5, 0.6) is 0 Å². The van der Waals surface area contributed by atoms with Crippen LogP contribution in [0.2, 0.25) is 0 Å². The Hall–Kier alpha value is -1.41. The minimum absolute atomic E-state index is 0.183. The largest absolute Gasteiger partial charge is 0.374 e. The Balaban J connectivity index is 1.74. The number of hydrogen-bond donors (Lipinski definition) is 1. The Morgan fingerprint density at radius 1 is 1.35 bits per heavy atom. The molecule has 4 nitrogen and oxygen atoms in total. The minimum atomic E-state index is 0.183. The summed E-state index contributed by atoms with van der Waals surface area (Å²) in [6.45, 7) is 2.64. The van der Waals surface area contributed by atoms with Crippen LogP contribution in [0.1, 0.15) is 30.0 Å². The Morgan fingerprint density at radius 2 is 2.10 bits per heavy atom. The maximum Gasteiger partial charge on any atom is 0.0991 e. The summed E-state index contributed by atoms with van der Waals surface area (Å²) in [6.07, 6.45) is 2.77. The van der Waals surface area contributed by atoms with Crippen LogP contribution in [0.4, 0.5) is 0 Å². The van der Waals surface area contributed by atoms with Crippen LogP contribution >= 0.6 is 0 Å². The fourth-order valence-electron chi connectivity index (χ4n) is 2.83. The summed E-state index contributed by atoms with van der Waals surface area (Å²) >= 11 is 0. The molecule has 0 bridgehead atoms. The molecular formula is C16H21N3O. The molecule has 0 aromatic heterocycles. The topological polar surface area (TPSA) is 48.3 Å². The van der Waals surface area contributed by atoms with Gasteiger partial charge < -0.3 is 10.1 Å². The first kappa shape index (κ1) is 13.6. The SMILES string of the molecule is CN1CCOC(CNC2CC2)C1c1ccc(C#N)cc1. The zero-order valence-electron chi connectivity index (χ0n) is 11.9. The highest BCUT2D eigenvalue weighted by atomic mass is 16.5. The lowest BCUT2D eigenvalue weighted by molar-refractivity contribution is -0.0615. The van der Waals surface area contributed by atoms with Gasteiger partial charge in [-0.1, -0.05) is 12.1 Å². The van der Waals surface area contributed by atoms with Crippen molar-refractivity contribution in [2.75, 3.05) is 26.7 Å². The molecule has 0 radical (unpaired) electrons. The van der Waals surface area contributed by atoms with E-state index in [4.69, 9.17) is 10.00 Å². The molecule has 20 heavy (non-hydrogen) atoms. The van der Waals surface area contributed by atoms with Crippen LogP contribution in [-0.4, -0.2) is 43.8 Å². The van der Waals surface area contributed by atoms with Crippen LogP contribution in [0.15, 0.2) is 24.3 Å². The fraction of sp³-hybridized carbons (Fsp3) is 0.562. The van der Waals surface area contributed by atoms with E-state index in [1.54, 1.807) is 0 Å². The van der Waals surface area contributed by atoms with Crippen molar-refractivity contribution in [3.05, 3.63) is 35.4 Å². The lowest BCUT2D eigenvalue weighted by Crippen LogP contribution is -2.47. The highest BCUT2D eigenvalue weighted by Crippen LogP contribution is 2.29. The second kappa shape index (κ2) is 5.92. The monoisotopic (exact) mass is 271 g/mol. The quantitative estimate of drug-likeness (QED) is 0.905. The summed E-state index contributed by atoms with van der Waals surface area (Å²) in [5, 5.41) is 12.5. The number of rotatable bonds is 4. The first-order valence-electron chi connectivity index (χ1n) is 7.33. The number of nitriles is 1. The predicted octanol–water partition coefficient (Wildman–Crippen LogP) is 1.68. The van der Waals surface area contributed by atoms with Crippen LogP contribution in [0.25, 0.3) is 0 Å². The third-order valence-corrected chi connectivity index (χ3v) is 4.17. The van der Waals surface area contributed by atoms with E-state index in [0.717, 1.165) is 19.7 Å². The third-order valence-electron chi connectivity index (χ3n) is 4.17. The second-order valence-corrected chi connectivity index (χ2v) is 5.75. The molecule has 1 saturated heterocycles. The summed E-state index contributed by atoms with van der Waals surface area (Å²) in [4.78, 5) is 2.35. The standard InChI is InChI=1S/C16H21N3O/c1-19-8-9-20-15(11-18-14-6-7-14)16(19)13-4-2-12(10-17)3-5-13/h2-5,14-16,18H,6-9,11H2,1H3. The summed E-state index contributed by atoms with van der Waals surface area (Å²) in [7, 11) is 2.15. The first-order valence-corrected chi connectivity index (χ1v) is 7.33. The maximum atomic E-state index is 8.90. The Kier molecular flexibility index (Phi) is 4.02. The van der Waals surface area contributed by atoms with E-state index in [2.05, 4.69) is 35.5 Å². The molecule has 1 aliphatic heterocycles. The van der Waals surface area contributed by atoms with E-state index in [0.29, 0.717) is 11.6 Å². The van der Waals surface area contributed by atoms with Gasteiger partial charge >= 0.3 is 0 Å². The molecule has 3 rings (SSSR count). The van der Waals surface area contributed by atoms with Gasteiger partial charge in [-0.05, 0) is 37.6 Å². The van der Waals surface area contributed by atoms with Gasteiger partial charge in [-0.3, -0.25) is 4.90 Å². The van der Waals surface area contributed by atoms with Crippen LogP contribution < -0.4 is 5.32 Å². The minimum Gasteiger partial charge on any atom is -0.374 e. The zero-order valence-corrected chi connectivity index (χ0v) is 11.9. The van der Waals surface area contributed by atoms with Gasteiger partial charge in [0.05, 0.1) is 30.4 Å². The van der Waals surface area contributed by atoms with Crippen molar-refractivity contribution in [1.82, 2.24) is 10.2 Å². The van der Waals surface area contributed by atoms with E-state index in [1.807, 2.05) is 12.1 Å². The average Bonchev–Trinajstić information content (AvgIpc) is 3.30. The number of benzene rings is 1. The molecule has 1 heterocycles. The number of nitrogens with one attached hydrogen (secondary N) is 1. The molecule has 1 N–H and O–H groups in total. The van der Waals surface area contributed by atoms with Crippen LogP contribution in [0, 0.1) is 11.3 Å². The van der Waals surface area contributed by atoms with Crippen molar-refractivity contribution in [2.45, 2.75) is 31.0 Å². The number of ether oxygens (including phenoxy) is 1. The fourth-order valence-corrected chi connectivity index (χ4v) is 2.83. The molecule has 2 unspecified atom stereocenters. The van der Waals surface area contributed by atoms with E-state index in [1.165, 1.54) is 18.4 Å². The van der Waals surface area contributed by atoms with Gasteiger partial charge in [-0.15, -0.1) is 0 Å². The lowest BCUT2D eigenvalue weighted by Gasteiger charge is -2.39. The molecule has 0 spiro atoms. The molecule has 0 amide bonds. The summed E-state index contributed by atoms with van der Waals surface area (Å²) < 4.78 is 5.98. The molecular weight excluding hydrogens is 250 g/mol. The van der Waals surface area contributed by atoms with E-state index >= 15 is 0 Å². The van der Waals surface area contributed by atoms with Crippen molar-refractivity contribution >= 4 is 0 Å². The van der Waals surface area contributed by atoms with Gasteiger partial charge in [0.15, 0.2) is 0 Å². The van der Waals surface area contributed by atoms with E-state index < -0.39 is 0 Å². The molecule has 1 aliphatic carbocycles. The summed E-state index contributed by atoms with van der Waals surface area (Å²) in [5.41, 5.74) is 1.94. The molecule has 1 saturated carbocycles. The Bertz CT molecular complexity index is 489. The smallest absolute Gasteiger partial charge is 0.0991 e. The van der Waals surface area contributed by atoms with Crippen molar-refractivity contribution in [3.63, 3.8) is 0 Å². The summed E-state index contributed by atoms with van der Waals surface area (Å²) in [6, 6.07) is 11.0. The normalized spacial score (nSPS) is 27.2. The van der Waals surface area contributed by atoms with Crippen molar-refractivity contribution in [3.8, 4) is 6.07 Å². The van der Waals surface area contributed by atoms with Crippen LogP contribution in [0.3, 0.4) is 0 Å². The van der Waals surface area contributed by atoms with E-state index in [9.17, 15) is 0 Å². The van der Waals surface area contributed by atoms with E-state index in [-0.39, 0.29) is 12.1 Å². The molecule has 2 fully saturated rings. The van der Waals surface area contributed by atoms with Gasteiger partial charge in [-0.25, -0.2) is 0 Å². The van der Waals surface area contributed by atoms with Gasteiger partial charge in [0.25, 0.3) is 0 Å². The predicted molar refractivity (Wildman–Crippen MR) is 77.3 cm³/mol. The zero-order chi connectivity index (χ0) is 13.9. The molecule has 2 atom stereocenters. The van der Waals surface area contributed by atoms with Gasteiger partial charge in [0.1, 0.15) is 0 Å². The number of hydrogen-bond acceptors (Lipinski definition) is 4. The Labute approximate surface area is 120 Å². The molecule has 1 aromatic carbocycles. The molecule has 2 aliphatic rings. The molecule has 4 heteroatoms. The van der Waals surface area contributed by atoms with Gasteiger partial charge in [0.2, 0.25) is 0 Å². The van der Waals surface area contributed by atoms with Gasteiger partial charge in [0, 0.05) is 19.1 Å². The average molecular weight is 271 g/mol. The number of likely N-dealkylation sites (N-methyl/N-ethyl adjacent to an activating group) is 1. The van der Waals surface area contributed by atoms with Crippen molar-refractivity contribution < 1.29 is 4.74 Å². The maximum absolute atomic E-state index is 8.90. The van der Waals surface area contributed by atoms with Crippen molar-refractivity contribution in [1.29, 1.82) is 5.26 Å².